The Labute approximate surface area is 127 Å². The van der Waals surface area contributed by atoms with Gasteiger partial charge in [-0.05, 0) is 30.3 Å². The van der Waals surface area contributed by atoms with Gasteiger partial charge in [0.15, 0.2) is 5.82 Å². The third-order valence-electron chi connectivity index (χ3n) is 2.80. The van der Waals surface area contributed by atoms with Crippen LogP contribution in [0.2, 0.25) is 5.02 Å². The number of halogens is 3. The molecule has 0 aliphatic heterocycles. The highest BCUT2D eigenvalue weighted by molar-refractivity contribution is 9.10. The zero-order chi connectivity index (χ0) is 14.1. The fourth-order valence-electron chi connectivity index (χ4n) is 1.86. The second kappa shape index (κ2) is 5.34. The average Bonchev–Trinajstić information content (AvgIpc) is 2.44. The van der Waals surface area contributed by atoms with Gasteiger partial charge in [0.1, 0.15) is 12.1 Å². The quantitative estimate of drug-likeness (QED) is 0.711. The molecule has 1 aromatic heterocycles. The zero-order valence-corrected chi connectivity index (χ0v) is 12.4. The predicted molar refractivity (Wildman–Crippen MR) is 81.9 cm³/mol. The van der Waals surface area contributed by atoms with Crippen molar-refractivity contribution in [3.8, 4) is 0 Å². The lowest BCUT2D eigenvalue weighted by molar-refractivity contribution is 0.632. The Balaban J connectivity index is 2.11. The van der Waals surface area contributed by atoms with Gasteiger partial charge in [-0.15, -0.1) is 0 Å². The third kappa shape index (κ3) is 2.46. The summed E-state index contributed by atoms with van der Waals surface area (Å²) in [6.45, 7) is 0. The minimum absolute atomic E-state index is 0.0644. The van der Waals surface area contributed by atoms with E-state index in [4.69, 9.17) is 11.6 Å². The molecule has 0 fully saturated rings. The Hall–Kier alpha value is -1.72. The highest BCUT2D eigenvalue weighted by Gasteiger charge is 2.09. The number of hydrogen-bond acceptors (Lipinski definition) is 3. The first-order valence-corrected chi connectivity index (χ1v) is 6.93. The Bertz CT molecular complexity index is 794. The van der Waals surface area contributed by atoms with Crippen LogP contribution < -0.4 is 5.32 Å². The fourth-order valence-corrected chi connectivity index (χ4v) is 2.39. The van der Waals surface area contributed by atoms with Gasteiger partial charge in [0, 0.05) is 9.86 Å². The minimum atomic E-state index is -0.504. The van der Waals surface area contributed by atoms with Crippen LogP contribution in [0.4, 0.5) is 15.9 Å². The number of nitrogens with one attached hydrogen (secondary N) is 1. The van der Waals surface area contributed by atoms with Crippen LogP contribution in [0.1, 0.15) is 0 Å². The molecular weight excluding hydrogens is 345 g/mol. The minimum Gasteiger partial charge on any atom is -0.337 e. The maximum atomic E-state index is 13.9. The van der Waals surface area contributed by atoms with Gasteiger partial charge in [-0.1, -0.05) is 33.6 Å². The van der Waals surface area contributed by atoms with Crippen molar-refractivity contribution < 1.29 is 4.39 Å². The summed E-state index contributed by atoms with van der Waals surface area (Å²) < 4.78 is 14.8. The maximum absolute atomic E-state index is 13.9. The Morgan fingerprint density at radius 3 is 2.85 bits per heavy atom. The predicted octanol–water partition coefficient (Wildman–Crippen LogP) is 4.93. The van der Waals surface area contributed by atoms with Crippen molar-refractivity contribution in [1.29, 1.82) is 0 Å². The summed E-state index contributed by atoms with van der Waals surface area (Å²) in [5.41, 5.74) is 1.05. The third-order valence-corrected chi connectivity index (χ3v) is 3.59. The van der Waals surface area contributed by atoms with Gasteiger partial charge >= 0.3 is 0 Å². The first kappa shape index (κ1) is 13.3. The number of nitrogens with zero attached hydrogens (tertiary/aromatic N) is 2. The summed E-state index contributed by atoms with van der Waals surface area (Å²) in [5.74, 6) is 0.0217. The van der Waals surface area contributed by atoms with Crippen molar-refractivity contribution in [2.75, 3.05) is 5.32 Å². The van der Waals surface area contributed by atoms with Gasteiger partial charge in [0.25, 0.3) is 0 Å². The normalized spacial score (nSPS) is 10.8. The van der Waals surface area contributed by atoms with Gasteiger partial charge in [0.05, 0.1) is 16.2 Å². The highest BCUT2D eigenvalue weighted by atomic mass is 79.9. The molecule has 1 N–H and O–H groups in total. The van der Waals surface area contributed by atoms with E-state index < -0.39 is 5.82 Å². The molecule has 6 heteroatoms. The van der Waals surface area contributed by atoms with E-state index in [1.165, 1.54) is 12.4 Å². The molecule has 0 amide bonds. The topological polar surface area (TPSA) is 37.8 Å². The Morgan fingerprint density at radius 2 is 2.00 bits per heavy atom. The van der Waals surface area contributed by atoms with Gasteiger partial charge in [-0.2, -0.15) is 0 Å². The van der Waals surface area contributed by atoms with Gasteiger partial charge in [-0.25, -0.2) is 14.4 Å². The van der Waals surface area contributed by atoms with E-state index >= 15 is 0 Å². The number of anilines is 2. The van der Waals surface area contributed by atoms with Crippen LogP contribution in [0.15, 0.2) is 47.2 Å². The smallest absolute Gasteiger partial charge is 0.165 e. The van der Waals surface area contributed by atoms with Crippen LogP contribution in [-0.2, 0) is 0 Å². The second-order valence-electron chi connectivity index (χ2n) is 4.11. The molecule has 3 nitrogen and oxygen atoms in total. The van der Waals surface area contributed by atoms with Crippen LogP contribution in [0, 0.1) is 5.82 Å². The molecule has 0 spiro atoms. The molecular formula is C14H8BrClFN3. The SMILES string of the molecule is Fc1c(Cl)cccc1Nc1ncnc2ccc(Br)cc12. The molecule has 0 saturated carbocycles. The first-order chi connectivity index (χ1) is 9.65. The summed E-state index contributed by atoms with van der Waals surface area (Å²) in [7, 11) is 0. The van der Waals surface area contributed by atoms with Crippen molar-refractivity contribution in [2.24, 2.45) is 0 Å². The first-order valence-electron chi connectivity index (χ1n) is 5.76. The van der Waals surface area contributed by atoms with E-state index in [0.29, 0.717) is 5.82 Å². The molecule has 1 heterocycles. The lowest BCUT2D eigenvalue weighted by atomic mass is 10.2. The highest BCUT2D eigenvalue weighted by Crippen LogP contribution is 2.28. The van der Waals surface area contributed by atoms with E-state index in [1.54, 1.807) is 12.1 Å². The van der Waals surface area contributed by atoms with Crippen molar-refractivity contribution >= 4 is 49.9 Å². The standard InChI is InChI=1S/C14H8BrClFN3/c15-8-4-5-11-9(6-8)14(19-7-18-11)20-12-3-1-2-10(16)13(12)17/h1-7H,(H,18,19,20). The average molecular weight is 353 g/mol. The van der Waals surface area contributed by atoms with Crippen molar-refractivity contribution in [1.82, 2.24) is 9.97 Å². The molecule has 100 valence electrons. The molecule has 0 bridgehead atoms. The largest absolute Gasteiger partial charge is 0.337 e. The number of rotatable bonds is 2. The Morgan fingerprint density at radius 1 is 1.15 bits per heavy atom. The summed E-state index contributed by atoms with van der Waals surface area (Å²) >= 11 is 9.17. The number of benzene rings is 2. The molecule has 2 aromatic carbocycles. The van der Waals surface area contributed by atoms with Crippen molar-refractivity contribution in [3.05, 3.63) is 58.0 Å². The molecule has 0 aliphatic carbocycles. The molecule has 3 aromatic rings. The van der Waals surface area contributed by atoms with E-state index in [9.17, 15) is 4.39 Å². The fraction of sp³-hybridized carbons (Fsp3) is 0. The Kier molecular flexibility index (Phi) is 3.54. The van der Waals surface area contributed by atoms with E-state index in [2.05, 4.69) is 31.2 Å². The van der Waals surface area contributed by atoms with Crippen molar-refractivity contribution in [2.45, 2.75) is 0 Å². The number of hydrogen-bond donors (Lipinski definition) is 1. The number of fused-ring (bicyclic) bond motifs is 1. The van der Waals surface area contributed by atoms with Gasteiger partial charge < -0.3 is 5.32 Å². The maximum Gasteiger partial charge on any atom is 0.165 e. The molecule has 0 aliphatic rings. The molecule has 0 unspecified atom stereocenters. The summed E-state index contributed by atoms with van der Waals surface area (Å²) in [6.07, 6.45) is 1.43. The van der Waals surface area contributed by atoms with E-state index in [0.717, 1.165) is 15.4 Å². The molecule has 0 radical (unpaired) electrons. The molecule has 20 heavy (non-hydrogen) atoms. The van der Waals surface area contributed by atoms with Gasteiger partial charge in [-0.3, -0.25) is 0 Å². The van der Waals surface area contributed by atoms with E-state index in [1.807, 2.05) is 18.2 Å². The van der Waals surface area contributed by atoms with Crippen LogP contribution >= 0.6 is 27.5 Å². The van der Waals surface area contributed by atoms with Crippen LogP contribution in [-0.4, -0.2) is 9.97 Å². The summed E-state index contributed by atoms with van der Waals surface area (Å²) in [5, 5.41) is 3.81. The lowest BCUT2D eigenvalue weighted by Crippen LogP contribution is -1.98. The summed E-state index contributed by atoms with van der Waals surface area (Å²) in [4.78, 5) is 8.33. The van der Waals surface area contributed by atoms with Crippen molar-refractivity contribution in [3.63, 3.8) is 0 Å². The van der Waals surface area contributed by atoms with E-state index in [-0.39, 0.29) is 10.7 Å². The zero-order valence-electron chi connectivity index (χ0n) is 10.1. The van der Waals surface area contributed by atoms with Crippen LogP contribution in [0.25, 0.3) is 10.9 Å². The second-order valence-corrected chi connectivity index (χ2v) is 5.43. The summed E-state index contributed by atoms with van der Waals surface area (Å²) in [6, 6.07) is 10.4. The molecule has 3 rings (SSSR count). The molecule has 0 saturated heterocycles. The monoisotopic (exact) mass is 351 g/mol. The molecule has 0 atom stereocenters. The number of aromatic nitrogens is 2. The lowest BCUT2D eigenvalue weighted by Gasteiger charge is -2.10. The van der Waals surface area contributed by atoms with Crippen LogP contribution in [0.5, 0.6) is 0 Å². The van der Waals surface area contributed by atoms with Gasteiger partial charge in [0.2, 0.25) is 0 Å². The van der Waals surface area contributed by atoms with Crippen LogP contribution in [0.3, 0.4) is 0 Å².